The minimum atomic E-state index is -0.813. The van der Waals surface area contributed by atoms with Crippen LogP contribution in [0.25, 0.3) is 0 Å². The van der Waals surface area contributed by atoms with E-state index in [2.05, 4.69) is 11.9 Å². The number of nitrogens with two attached hydrogens (primary N) is 1. The minimum Gasteiger partial charge on any atom is -0.384 e. The Morgan fingerprint density at radius 1 is 1.25 bits per heavy atom. The van der Waals surface area contributed by atoms with Gasteiger partial charge in [0.05, 0.1) is 5.60 Å². The molecule has 3 nitrogen and oxygen atoms in total. The summed E-state index contributed by atoms with van der Waals surface area (Å²) in [4.78, 5) is 2.31. The summed E-state index contributed by atoms with van der Waals surface area (Å²) in [5.41, 5.74) is 6.08. The highest BCUT2D eigenvalue weighted by atomic mass is 16.3. The van der Waals surface area contributed by atoms with Gasteiger partial charge < -0.3 is 10.8 Å². The van der Waals surface area contributed by atoms with Gasteiger partial charge in [0.2, 0.25) is 0 Å². The van der Waals surface area contributed by atoms with Crippen LogP contribution in [-0.4, -0.2) is 36.2 Å². The third-order valence-corrected chi connectivity index (χ3v) is 4.69. The van der Waals surface area contributed by atoms with Gasteiger partial charge >= 0.3 is 0 Å². The number of hydrogen-bond acceptors (Lipinski definition) is 3. The van der Waals surface area contributed by atoms with Crippen LogP contribution in [0, 0.1) is 5.92 Å². The summed E-state index contributed by atoms with van der Waals surface area (Å²) < 4.78 is 0. The molecule has 0 heterocycles. The molecule has 0 saturated heterocycles. The van der Waals surface area contributed by atoms with E-state index in [1.165, 1.54) is 25.7 Å². The molecule has 1 saturated carbocycles. The van der Waals surface area contributed by atoms with Gasteiger partial charge in [-0.05, 0) is 44.8 Å². The van der Waals surface area contributed by atoms with E-state index >= 15 is 0 Å². The Hall–Kier alpha value is -0.900. The average molecular weight is 276 g/mol. The lowest BCUT2D eigenvalue weighted by Gasteiger charge is -2.40. The highest BCUT2D eigenvalue weighted by Crippen LogP contribution is 2.30. The van der Waals surface area contributed by atoms with Crippen LogP contribution in [0.5, 0.6) is 0 Å². The van der Waals surface area contributed by atoms with E-state index in [0.29, 0.717) is 18.5 Å². The topological polar surface area (TPSA) is 49.5 Å². The zero-order chi connectivity index (χ0) is 14.6. The smallest absolute Gasteiger partial charge is 0.0994 e. The van der Waals surface area contributed by atoms with Crippen LogP contribution in [-0.2, 0) is 5.60 Å². The molecule has 0 spiro atoms. The van der Waals surface area contributed by atoms with E-state index in [4.69, 9.17) is 5.73 Å². The van der Waals surface area contributed by atoms with Crippen LogP contribution in [0.1, 0.15) is 38.2 Å². The maximum absolute atomic E-state index is 10.8. The first-order valence-corrected chi connectivity index (χ1v) is 7.73. The summed E-state index contributed by atoms with van der Waals surface area (Å²) in [5, 5.41) is 10.8. The van der Waals surface area contributed by atoms with E-state index in [1.807, 2.05) is 37.3 Å². The summed E-state index contributed by atoms with van der Waals surface area (Å²) >= 11 is 0. The molecule has 0 aromatic heterocycles. The van der Waals surface area contributed by atoms with Gasteiger partial charge in [0.15, 0.2) is 0 Å². The third kappa shape index (κ3) is 3.60. The Morgan fingerprint density at radius 2 is 1.90 bits per heavy atom. The maximum Gasteiger partial charge on any atom is 0.0994 e. The number of likely N-dealkylation sites (N-methyl/N-ethyl adjacent to an activating group) is 1. The first-order chi connectivity index (χ1) is 9.54. The van der Waals surface area contributed by atoms with Crippen molar-refractivity contribution in [1.82, 2.24) is 4.90 Å². The van der Waals surface area contributed by atoms with Crippen LogP contribution in [0.3, 0.4) is 0 Å². The average Bonchev–Trinajstić information content (AvgIpc) is 2.47. The Kier molecular flexibility index (Phi) is 5.19. The van der Waals surface area contributed by atoms with Crippen molar-refractivity contribution in [2.75, 3.05) is 20.1 Å². The summed E-state index contributed by atoms with van der Waals surface area (Å²) in [6, 6.07) is 10.4. The predicted molar refractivity (Wildman–Crippen MR) is 83.4 cm³/mol. The molecule has 1 fully saturated rings. The molecule has 112 valence electrons. The standard InChI is InChI=1S/C17H28N2O/c1-17(20,15-9-4-3-5-10-15)13-19(2)16-11-7-6-8-14(16)12-18/h3-5,9-10,14,16,20H,6-8,11-13,18H2,1-2H3. The molecule has 0 bridgehead atoms. The molecule has 1 aromatic carbocycles. The van der Waals surface area contributed by atoms with Crippen LogP contribution in [0.4, 0.5) is 0 Å². The number of aliphatic hydroxyl groups is 1. The van der Waals surface area contributed by atoms with E-state index < -0.39 is 5.60 Å². The molecule has 2 rings (SSSR count). The minimum absolute atomic E-state index is 0.504. The molecule has 20 heavy (non-hydrogen) atoms. The molecule has 3 atom stereocenters. The molecule has 3 unspecified atom stereocenters. The second-order valence-corrected chi connectivity index (χ2v) is 6.40. The fraction of sp³-hybridized carbons (Fsp3) is 0.647. The lowest BCUT2D eigenvalue weighted by atomic mass is 9.83. The van der Waals surface area contributed by atoms with Crippen molar-refractivity contribution in [2.24, 2.45) is 11.7 Å². The second-order valence-electron chi connectivity index (χ2n) is 6.40. The van der Waals surface area contributed by atoms with E-state index in [-0.39, 0.29) is 0 Å². The summed E-state index contributed by atoms with van der Waals surface area (Å²) in [7, 11) is 2.12. The highest BCUT2D eigenvalue weighted by Gasteiger charge is 2.32. The Morgan fingerprint density at radius 3 is 2.55 bits per heavy atom. The Labute approximate surface area is 122 Å². The molecule has 3 heteroatoms. The van der Waals surface area contributed by atoms with E-state index in [1.54, 1.807) is 0 Å². The van der Waals surface area contributed by atoms with Crippen molar-refractivity contribution in [3.8, 4) is 0 Å². The summed E-state index contributed by atoms with van der Waals surface area (Å²) in [5.74, 6) is 0.570. The van der Waals surface area contributed by atoms with Gasteiger partial charge in [-0.15, -0.1) is 0 Å². The van der Waals surface area contributed by atoms with Gasteiger partial charge in [0.1, 0.15) is 0 Å². The molecule has 3 N–H and O–H groups in total. The van der Waals surface area contributed by atoms with Crippen molar-refractivity contribution >= 4 is 0 Å². The third-order valence-electron chi connectivity index (χ3n) is 4.69. The van der Waals surface area contributed by atoms with Crippen molar-refractivity contribution < 1.29 is 5.11 Å². The fourth-order valence-corrected chi connectivity index (χ4v) is 3.53. The Bertz CT molecular complexity index is 405. The van der Waals surface area contributed by atoms with Gasteiger partial charge in [0.25, 0.3) is 0 Å². The second kappa shape index (κ2) is 6.70. The molecule has 1 aromatic rings. The number of benzene rings is 1. The van der Waals surface area contributed by atoms with Crippen molar-refractivity contribution in [3.05, 3.63) is 35.9 Å². The van der Waals surface area contributed by atoms with Gasteiger partial charge in [-0.25, -0.2) is 0 Å². The van der Waals surface area contributed by atoms with Crippen LogP contribution in [0.2, 0.25) is 0 Å². The molecule has 0 amide bonds. The van der Waals surface area contributed by atoms with Crippen LogP contribution in [0.15, 0.2) is 30.3 Å². The summed E-state index contributed by atoms with van der Waals surface area (Å²) in [6.45, 7) is 3.31. The predicted octanol–water partition coefficient (Wildman–Crippen LogP) is 2.34. The zero-order valence-electron chi connectivity index (χ0n) is 12.8. The quantitative estimate of drug-likeness (QED) is 0.868. The lowest BCUT2D eigenvalue weighted by molar-refractivity contribution is -0.00311. The van der Waals surface area contributed by atoms with Gasteiger partial charge in [-0.1, -0.05) is 43.2 Å². The normalized spacial score (nSPS) is 26.4. The number of rotatable bonds is 5. The monoisotopic (exact) mass is 276 g/mol. The SMILES string of the molecule is CN(CC(C)(O)c1ccccc1)C1CCCCC1CN. The van der Waals surface area contributed by atoms with Crippen molar-refractivity contribution in [2.45, 2.75) is 44.2 Å². The molecule has 1 aliphatic carbocycles. The first-order valence-electron chi connectivity index (χ1n) is 7.73. The lowest BCUT2D eigenvalue weighted by Crippen LogP contribution is -2.48. The molecule has 1 aliphatic rings. The van der Waals surface area contributed by atoms with Crippen molar-refractivity contribution in [3.63, 3.8) is 0 Å². The first kappa shape index (κ1) is 15.5. The number of hydrogen-bond donors (Lipinski definition) is 2. The molecule has 0 radical (unpaired) electrons. The van der Waals surface area contributed by atoms with E-state index in [0.717, 1.165) is 12.1 Å². The van der Waals surface area contributed by atoms with Crippen LogP contribution < -0.4 is 5.73 Å². The molecule has 0 aliphatic heterocycles. The maximum atomic E-state index is 10.8. The molecular formula is C17H28N2O. The van der Waals surface area contributed by atoms with Crippen LogP contribution >= 0.6 is 0 Å². The van der Waals surface area contributed by atoms with E-state index in [9.17, 15) is 5.11 Å². The van der Waals surface area contributed by atoms with Gasteiger partial charge in [-0.3, -0.25) is 4.90 Å². The highest BCUT2D eigenvalue weighted by molar-refractivity contribution is 5.21. The fourth-order valence-electron chi connectivity index (χ4n) is 3.53. The van der Waals surface area contributed by atoms with Gasteiger partial charge in [-0.2, -0.15) is 0 Å². The number of nitrogens with zero attached hydrogens (tertiary/aromatic N) is 1. The summed E-state index contributed by atoms with van der Waals surface area (Å²) in [6.07, 6.45) is 4.99. The molecular weight excluding hydrogens is 248 g/mol. The van der Waals surface area contributed by atoms with Gasteiger partial charge in [0, 0.05) is 12.6 Å². The largest absolute Gasteiger partial charge is 0.384 e. The van der Waals surface area contributed by atoms with Crippen molar-refractivity contribution in [1.29, 1.82) is 0 Å². The zero-order valence-corrected chi connectivity index (χ0v) is 12.8. The Balaban J connectivity index is 2.04.